The van der Waals surface area contributed by atoms with Gasteiger partial charge in [-0.05, 0) is 43.7 Å². The summed E-state index contributed by atoms with van der Waals surface area (Å²) in [4.78, 5) is 26.0. The van der Waals surface area contributed by atoms with Crippen molar-refractivity contribution in [1.82, 2.24) is 4.57 Å². The van der Waals surface area contributed by atoms with Crippen LogP contribution in [0.3, 0.4) is 0 Å². The number of methoxy groups -OCH3 is 1. The maximum atomic E-state index is 12.3. The van der Waals surface area contributed by atoms with Crippen LogP contribution in [0.4, 0.5) is 5.69 Å². The fraction of sp³-hybridized carbons (Fsp3) is 0.318. The highest BCUT2D eigenvalue weighted by Gasteiger charge is 2.17. The Balaban J connectivity index is 2.07. The van der Waals surface area contributed by atoms with Crippen LogP contribution in [0.5, 0.6) is 0 Å². The Morgan fingerprint density at radius 1 is 1.24 bits per heavy atom. The number of nitriles is 1. The zero-order valence-electron chi connectivity index (χ0n) is 17.1. The van der Waals surface area contributed by atoms with E-state index in [1.807, 2.05) is 48.7 Å². The standard InChI is InChI=1S/C22H25N3O4/c1-16-12-18(17(2)25(16)10-11-28-4)13-19(14-23)22(27)29-15-21(26)24(3)20-8-6-5-7-9-20/h5-9,12-13H,10-11,15H2,1-4H3/b19-13+. The molecule has 0 spiro atoms. The molecule has 152 valence electrons. The monoisotopic (exact) mass is 395 g/mol. The Bertz CT molecular complexity index is 939. The van der Waals surface area contributed by atoms with Gasteiger partial charge >= 0.3 is 5.97 Å². The zero-order valence-corrected chi connectivity index (χ0v) is 17.1. The molecule has 0 unspecified atom stereocenters. The molecule has 0 atom stereocenters. The van der Waals surface area contributed by atoms with Crippen molar-refractivity contribution in [3.63, 3.8) is 0 Å². The first kappa shape index (κ1) is 21.9. The molecule has 0 saturated carbocycles. The summed E-state index contributed by atoms with van der Waals surface area (Å²) in [6.45, 7) is 4.64. The Labute approximate surface area is 170 Å². The number of amides is 1. The van der Waals surface area contributed by atoms with Crippen LogP contribution in [0, 0.1) is 25.2 Å². The molecule has 1 aromatic heterocycles. The van der Waals surface area contributed by atoms with E-state index in [0.717, 1.165) is 17.0 Å². The maximum absolute atomic E-state index is 12.3. The predicted octanol–water partition coefficient (Wildman–Crippen LogP) is 2.86. The van der Waals surface area contributed by atoms with Crippen LogP contribution >= 0.6 is 0 Å². The van der Waals surface area contributed by atoms with E-state index in [9.17, 15) is 14.9 Å². The number of para-hydroxylation sites is 1. The van der Waals surface area contributed by atoms with Crippen LogP contribution in [0.1, 0.15) is 17.0 Å². The van der Waals surface area contributed by atoms with Gasteiger partial charge in [0.1, 0.15) is 11.6 Å². The molecule has 0 bridgehead atoms. The van der Waals surface area contributed by atoms with Gasteiger partial charge in [0.15, 0.2) is 6.61 Å². The number of esters is 1. The number of carbonyl (C=O) groups excluding carboxylic acids is 2. The molecule has 2 rings (SSSR count). The predicted molar refractivity (Wildman–Crippen MR) is 110 cm³/mol. The Morgan fingerprint density at radius 2 is 1.93 bits per heavy atom. The van der Waals surface area contributed by atoms with E-state index in [1.54, 1.807) is 26.3 Å². The van der Waals surface area contributed by atoms with E-state index in [1.165, 1.54) is 11.0 Å². The molecule has 7 nitrogen and oxygen atoms in total. The van der Waals surface area contributed by atoms with Gasteiger partial charge in [-0.25, -0.2) is 4.79 Å². The lowest BCUT2D eigenvalue weighted by Gasteiger charge is -2.16. The first-order chi connectivity index (χ1) is 13.9. The Kier molecular flexibility index (Phi) is 7.75. The van der Waals surface area contributed by atoms with Crippen LogP contribution in [-0.2, 0) is 25.6 Å². The number of anilines is 1. The Hall–Kier alpha value is -3.37. The highest BCUT2D eigenvalue weighted by molar-refractivity contribution is 6.00. The van der Waals surface area contributed by atoms with Crippen molar-refractivity contribution in [3.05, 3.63) is 58.9 Å². The SMILES string of the molecule is COCCn1c(C)cc(/C=C(\C#N)C(=O)OCC(=O)N(C)c2ccccc2)c1C. The molecule has 0 fully saturated rings. The maximum Gasteiger partial charge on any atom is 0.349 e. The average Bonchev–Trinajstić information content (AvgIpc) is 3.00. The summed E-state index contributed by atoms with van der Waals surface area (Å²) in [5, 5.41) is 9.38. The first-order valence-electron chi connectivity index (χ1n) is 9.15. The lowest BCUT2D eigenvalue weighted by Crippen LogP contribution is -2.31. The number of hydrogen-bond donors (Lipinski definition) is 0. The minimum absolute atomic E-state index is 0.160. The summed E-state index contributed by atoms with van der Waals surface area (Å²) in [7, 11) is 3.23. The van der Waals surface area contributed by atoms with Crippen molar-refractivity contribution in [2.75, 3.05) is 32.3 Å². The quantitative estimate of drug-likeness (QED) is 0.390. The second-order valence-electron chi connectivity index (χ2n) is 6.51. The van der Waals surface area contributed by atoms with Gasteiger partial charge in [0, 0.05) is 37.8 Å². The number of carbonyl (C=O) groups is 2. The van der Waals surface area contributed by atoms with E-state index >= 15 is 0 Å². The molecule has 0 radical (unpaired) electrons. The number of rotatable bonds is 8. The number of benzene rings is 1. The fourth-order valence-electron chi connectivity index (χ4n) is 2.89. The molecule has 7 heteroatoms. The smallest absolute Gasteiger partial charge is 0.349 e. The molecule has 0 aliphatic rings. The molecule has 0 N–H and O–H groups in total. The summed E-state index contributed by atoms with van der Waals surface area (Å²) >= 11 is 0. The molecule has 0 saturated heterocycles. The summed E-state index contributed by atoms with van der Waals surface area (Å²) < 4.78 is 12.2. The van der Waals surface area contributed by atoms with Gasteiger partial charge in [-0.2, -0.15) is 5.26 Å². The normalized spacial score (nSPS) is 11.1. The number of hydrogen-bond acceptors (Lipinski definition) is 5. The van der Waals surface area contributed by atoms with Crippen LogP contribution in [0.2, 0.25) is 0 Å². The van der Waals surface area contributed by atoms with E-state index in [-0.39, 0.29) is 11.5 Å². The van der Waals surface area contributed by atoms with Gasteiger partial charge in [0.25, 0.3) is 5.91 Å². The molecule has 1 heterocycles. The summed E-state index contributed by atoms with van der Waals surface area (Å²) in [5.74, 6) is -1.22. The second-order valence-corrected chi connectivity index (χ2v) is 6.51. The molecular formula is C22H25N3O4. The van der Waals surface area contributed by atoms with E-state index < -0.39 is 12.6 Å². The topological polar surface area (TPSA) is 84.6 Å². The number of nitrogens with zero attached hydrogens (tertiary/aromatic N) is 3. The van der Waals surface area contributed by atoms with E-state index in [2.05, 4.69) is 0 Å². The molecule has 0 aliphatic carbocycles. The van der Waals surface area contributed by atoms with Crippen LogP contribution in [-0.4, -0.2) is 43.8 Å². The lowest BCUT2D eigenvalue weighted by atomic mass is 10.1. The van der Waals surface area contributed by atoms with Gasteiger partial charge in [0.2, 0.25) is 0 Å². The van der Waals surface area contributed by atoms with Gasteiger partial charge in [0.05, 0.1) is 6.61 Å². The molecule has 0 aliphatic heterocycles. The number of aryl methyl sites for hydroxylation is 1. The zero-order chi connectivity index (χ0) is 21.4. The fourth-order valence-corrected chi connectivity index (χ4v) is 2.89. The number of ether oxygens (including phenoxy) is 2. The van der Waals surface area contributed by atoms with Crippen molar-refractivity contribution >= 4 is 23.6 Å². The molecular weight excluding hydrogens is 370 g/mol. The van der Waals surface area contributed by atoms with Gasteiger partial charge in [-0.3, -0.25) is 4.79 Å². The summed E-state index contributed by atoms with van der Waals surface area (Å²) in [5.41, 5.74) is 3.19. The van der Waals surface area contributed by atoms with E-state index in [0.29, 0.717) is 18.8 Å². The third-order valence-electron chi connectivity index (χ3n) is 4.62. The van der Waals surface area contributed by atoms with Gasteiger partial charge < -0.3 is 18.9 Å². The van der Waals surface area contributed by atoms with E-state index in [4.69, 9.17) is 9.47 Å². The molecule has 2 aromatic rings. The molecule has 1 amide bonds. The Morgan fingerprint density at radius 3 is 2.55 bits per heavy atom. The minimum atomic E-state index is -0.830. The number of aromatic nitrogens is 1. The van der Waals surface area contributed by atoms with Gasteiger partial charge in [-0.15, -0.1) is 0 Å². The summed E-state index contributed by atoms with van der Waals surface area (Å²) in [6, 6.07) is 12.8. The highest BCUT2D eigenvalue weighted by Crippen LogP contribution is 2.19. The minimum Gasteiger partial charge on any atom is -0.451 e. The molecule has 1 aromatic carbocycles. The third-order valence-corrected chi connectivity index (χ3v) is 4.62. The van der Waals surface area contributed by atoms with Crippen molar-refractivity contribution in [2.45, 2.75) is 20.4 Å². The molecule has 29 heavy (non-hydrogen) atoms. The number of likely N-dealkylation sites (N-methyl/N-ethyl adjacent to an activating group) is 1. The first-order valence-corrected chi connectivity index (χ1v) is 9.15. The highest BCUT2D eigenvalue weighted by atomic mass is 16.5. The second kappa shape index (κ2) is 10.2. The largest absolute Gasteiger partial charge is 0.451 e. The van der Waals surface area contributed by atoms with Crippen molar-refractivity contribution in [3.8, 4) is 6.07 Å². The van der Waals surface area contributed by atoms with Crippen molar-refractivity contribution in [1.29, 1.82) is 5.26 Å². The third kappa shape index (κ3) is 5.56. The lowest BCUT2D eigenvalue weighted by molar-refractivity contribution is -0.143. The average molecular weight is 395 g/mol. The van der Waals surface area contributed by atoms with Gasteiger partial charge in [-0.1, -0.05) is 18.2 Å². The van der Waals surface area contributed by atoms with Crippen LogP contribution in [0.15, 0.2) is 42.0 Å². The van der Waals surface area contributed by atoms with Crippen molar-refractivity contribution < 1.29 is 19.1 Å². The van der Waals surface area contributed by atoms with Crippen LogP contribution < -0.4 is 4.90 Å². The summed E-state index contributed by atoms with van der Waals surface area (Å²) in [6.07, 6.45) is 1.49. The van der Waals surface area contributed by atoms with Crippen LogP contribution in [0.25, 0.3) is 6.08 Å². The van der Waals surface area contributed by atoms with Crippen molar-refractivity contribution in [2.24, 2.45) is 0 Å².